The van der Waals surface area contributed by atoms with Crippen LogP contribution in [-0.2, 0) is 19.5 Å². The zero-order valence-corrected chi connectivity index (χ0v) is 22.3. The molecule has 0 fully saturated rings. The minimum Gasteiger partial charge on any atom is -0.380 e. The summed E-state index contributed by atoms with van der Waals surface area (Å²) in [6, 6.07) is 42.5. The van der Waals surface area contributed by atoms with E-state index in [0.29, 0.717) is 0 Å². The summed E-state index contributed by atoms with van der Waals surface area (Å²) in [5.41, 5.74) is 11.4. The monoisotopic (exact) mass is 504 g/mol. The predicted octanol–water partition coefficient (Wildman–Crippen LogP) is 9.82. The van der Waals surface area contributed by atoms with Gasteiger partial charge in [0.25, 0.3) is 0 Å². The van der Waals surface area contributed by atoms with Gasteiger partial charge in [-0.3, -0.25) is 0 Å². The van der Waals surface area contributed by atoms with Crippen LogP contribution >= 0.6 is 0 Å². The summed E-state index contributed by atoms with van der Waals surface area (Å²) in [5, 5.41) is 12.9. The number of benzene rings is 6. The molecule has 0 radical (unpaired) electrons. The molecule has 0 amide bonds. The summed E-state index contributed by atoms with van der Waals surface area (Å²) in [6.45, 7) is 3.78. The number of hydrogen-bond donors (Lipinski definition) is 2. The Hall–Kier alpha value is -4.56. The number of nitrogens with one attached hydrogen (secondary N) is 2. The zero-order valence-electron chi connectivity index (χ0n) is 22.3. The maximum absolute atomic E-state index is 3.87. The van der Waals surface area contributed by atoms with Crippen LogP contribution in [-0.4, -0.2) is 0 Å². The van der Waals surface area contributed by atoms with Crippen LogP contribution in [0.25, 0.3) is 43.8 Å². The van der Waals surface area contributed by atoms with E-state index in [-0.39, 0.29) is 0 Å². The fourth-order valence-electron chi connectivity index (χ4n) is 6.18. The minimum absolute atomic E-state index is 0.757. The van der Waals surface area contributed by atoms with Crippen LogP contribution in [0.3, 0.4) is 0 Å². The zero-order chi connectivity index (χ0) is 26.2. The Morgan fingerprint density at radius 1 is 0.538 bits per heavy atom. The third-order valence-corrected chi connectivity index (χ3v) is 7.98. The number of fused-ring (bicyclic) bond motifs is 12. The van der Waals surface area contributed by atoms with Gasteiger partial charge < -0.3 is 10.6 Å². The highest BCUT2D eigenvalue weighted by Gasteiger charge is 2.16. The van der Waals surface area contributed by atoms with Crippen LogP contribution < -0.4 is 10.6 Å². The van der Waals surface area contributed by atoms with Crippen LogP contribution in [0.1, 0.15) is 30.0 Å². The molecule has 190 valence electrons. The van der Waals surface area contributed by atoms with E-state index >= 15 is 0 Å². The molecule has 0 saturated carbocycles. The molecule has 7 rings (SSSR count). The van der Waals surface area contributed by atoms with Gasteiger partial charge in [0.1, 0.15) is 0 Å². The molecule has 6 aromatic rings. The van der Waals surface area contributed by atoms with Crippen molar-refractivity contribution in [2.45, 2.75) is 32.9 Å². The van der Waals surface area contributed by atoms with Crippen molar-refractivity contribution in [1.82, 2.24) is 0 Å². The Labute approximate surface area is 230 Å². The maximum Gasteiger partial charge on any atom is 0.0431 e. The van der Waals surface area contributed by atoms with Crippen LogP contribution in [0.2, 0.25) is 0 Å². The summed E-state index contributed by atoms with van der Waals surface area (Å²) in [7, 11) is 0. The number of rotatable bonds is 2. The maximum atomic E-state index is 3.87. The molecular formula is C37H32N2. The first kappa shape index (κ1) is 23.5. The van der Waals surface area contributed by atoms with Crippen molar-refractivity contribution in [2.75, 3.05) is 10.6 Å². The van der Waals surface area contributed by atoms with Crippen LogP contribution in [0.5, 0.6) is 0 Å². The lowest BCUT2D eigenvalue weighted by molar-refractivity contribution is 0.929. The van der Waals surface area contributed by atoms with Gasteiger partial charge in [-0.15, -0.1) is 0 Å². The van der Waals surface area contributed by atoms with E-state index in [4.69, 9.17) is 0 Å². The summed E-state index contributed by atoms with van der Waals surface area (Å²) in [6.07, 6.45) is 2.19. The van der Waals surface area contributed by atoms with E-state index < -0.39 is 0 Å². The van der Waals surface area contributed by atoms with Gasteiger partial charge in [-0.05, 0) is 80.0 Å². The van der Waals surface area contributed by atoms with E-state index in [1.54, 1.807) is 0 Å². The van der Waals surface area contributed by atoms with E-state index in [1.807, 2.05) is 0 Å². The molecular weight excluding hydrogens is 472 g/mol. The minimum atomic E-state index is 0.757. The molecule has 2 N–H and O–H groups in total. The second kappa shape index (κ2) is 9.96. The third kappa shape index (κ3) is 4.32. The van der Waals surface area contributed by atoms with E-state index in [1.165, 1.54) is 66.2 Å². The first-order valence-electron chi connectivity index (χ1n) is 14.0. The van der Waals surface area contributed by atoms with Gasteiger partial charge in [-0.25, -0.2) is 0 Å². The highest BCUT2D eigenvalue weighted by Crippen LogP contribution is 2.40. The number of hydrogen-bond acceptors (Lipinski definition) is 2. The summed E-state index contributed by atoms with van der Waals surface area (Å²) >= 11 is 0. The van der Waals surface area contributed by atoms with Gasteiger partial charge in [0.05, 0.1) is 0 Å². The molecule has 2 heteroatoms. The Morgan fingerprint density at radius 3 is 1.87 bits per heavy atom. The Bertz CT molecular complexity index is 1830. The predicted molar refractivity (Wildman–Crippen MR) is 167 cm³/mol. The first-order chi connectivity index (χ1) is 19.3. The largest absolute Gasteiger partial charge is 0.380 e. The lowest BCUT2D eigenvalue weighted by Gasteiger charge is -2.21. The van der Waals surface area contributed by atoms with Gasteiger partial charge in [0.2, 0.25) is 0 Å². The smallest absolute Gasteiger partial charge is 0.0431 e. The fraction of sp³-hybridized carbons (Fsp3) is 0.135. The third-order valence-electron chi connectivity index (χ3n) is 7.98. The molecule has 1 heterocycles. The number of aryl methyl sites for hydroxylation is 1. The molecule has 1 aliphatic rings. The van der Waals surface area contributed by atoms with Crippen LogP contribution in [0.4, 0.5) is 11.4 Å². The van der Waals surface area contributed by atoms with Gasteiger partial charge in [-0.2, -0.15) is 0 Å². The first-order valence-corrected chi connectivity index (χ1v) is 14.0. The SMILES string of the molecule is CCCc1cc2c(c3ccccc13)-c1cccc(c1)CNc1ccc3ccccc3c1-c1cccc(c1)CN2. The standard InChI is InChI=1S/C37H32N2/c1-2-9-28-22-35-37(33-17-6-5-15-31(28)33)30-14-8-10-25(21-30)23-38-34-19-18-27-12-3-4-16-32(27)36(34)29-13-7-11-26(20-29)24-39-35/h3-8,10-22,38-39H,2,9,23-24H2,1H3. The van der Waals surface area contributed by atoms with Crippen molar-refractivity contribution in [3.8, 4) is 22.3 Å². The molecule has 39 heavy (non-hydrogen) atoms. The average molecular weight is 505 g/mol. The molecule has 0 atom stereocenters. The second-order valence-corrected chi connectivity index (χ2v) is 10.6. The Balaban J connectivity index is 1.45. The number of anilines is 2. The Morgan fingerprint density at radius 2 is 1.15 bits per heavy atom. The Kier molecular flexibility index (Phi) is 6.01. The van der Waals surface area contributed by atoms with E-state index in [9.17, 15) is 0 Å². The summed E-state index contributed by atoms with van der Waals surface area (Å²) in [4.78, 5) is 0. The molecule has 0 aromatic heterocycles. The molecule has 0 aliphatic carbocycles. The molecule has 0 spiro atoms. The van der Waals surface area contributed by atoms with Crippen molar-refractivity contribution >= 4 is 32.9 Å². The molecule has 1 aliphatic heterocycles. The average Bonchev–Trinajstić information content (AvgIpc) is 2.98. The van der Waals surface area contributed by atoms with Crippen molar-refractivity contribution < 1.29 is 0 Å². The van der Waals surface area contributed by atoms with Crippen molar-refractivity contribution in [3.05, 3.63) is 132 Å². The fourth-order valence-corrected chi connectivity index (χ4v) is 6.18. The van der Waals surface area contributed by atoms with Crippen molar-refractivity contribution in [2.24, 2.45) is 0 Å². The van der Waals surface area contributed by atoms with E-state index in [2.05, 4.69) is 133 Å². The van der Waals surface area contributed by atoms with Gasteiger partial charge in [-0.1, -0.05) is 104 Å². The lowest BCUT2D eigenvalue weighted by atomic mass is 9.90. The van der Waals surface area contributed by atoms with Crippen LogP contribution in [0, 0.1) is 0 Å². The second-order valence-electron chi connectivity index (χ2n) is 10.6. The molecule has 0 unspecified atom stereocenters. The summed E-state index contributed by atoms with van der Waals surface area (Å²) in [5.74, 6) is 0. The lowest BCUT2D eigenvalue weighted by Crippen LogP contribution is -2.05. The van der Waals surface area contributed by atoms with E-state index in [0.717, 1.165) is 31.6 Å². The molecule has 4 bridgehead atoms. The van der Waals surface area contributed by atoms with Gasteiger partial charge in [0.15, 0.2) is 0 Å². The molecule has 0 saturated heterocycles. The molecule has 2 nitrogen and oxygen atoms in total. The highest BCUT2D eigenvalue weighted by atomic mass is 14.9. The quantitative estimate of drug-likeness (QED) is 0.245. The van der Waals surface area contributed by atoms with Gasteiger partial charge in [0, 0.05) is 35.6 Å². The van der Waals surface area contributed by atoms with Crippen LogP contribution in [0.15, 0.2) is 115 Å². The topological polar surface area (TPSA) is 24.1 Å². The molecule has 6 aromatic carbocycles. The summed E-state index contributed by atoms with van der Waals surface area (Å²) < 4.78 is 0. The normalized spacial score (nSPS) is 12.6. The highest BCUT2D eigenvalue weighted by molar-refractivity contribution is 6.05. The van der Waals surface area contributed by atoms with Crippen molar-refractivity contribution in [1.29, 1.82) is 0 Å². The van der Waals surface area contributed by atoms with Crippen molar-refractivity contribution in [3.63, 3.8) is 0 Å². The van der Waals surface area contributed by atoms with Gasteiger partial charge >= 0.3 is 0 Å².